The Morgan fingerprint density at radius 1 is 0.583 bits per heavy atom. The number of nitrogens with zero attached hydrogens (tertiary/aromatic N) is 6. The van der Waals surface area contributed by atoms with Crippen molar-refractivity contribution in [3.05, 3.63) is 95.1 Å². The van der Waals surface area contributed by atoms with E-state index in [0.29, 0.717) is 28.4 Å². The molecule has 0 radical (unpaired) electrons. The van der Waals surface area contributed by atoms with Gasteiger partial charge in [0, 0.05) is 17.5 Å². The van der Waals surface area contributed by atoms with E-state index in [9.17, 15) is 10.2 Å². The summed E-state index contributed by atoms with van der Waals surface area (Å²) in [5, 5.41) is 42.8. The Bertz CT molecular complexity index is 2050. The molecule has 0 aliphatic carbocycles. The monoisotopic (exact) mass is 644 g/mol. The largest absolute Gasteiger partial charge is 0.505 e. The van der Waals surface area contributed by atoms with Gasteiger partial charge in [0.2, 0.25) is 0 Å². The van der Waals surface area contributed by atoms with Crippen LogP contribution in [0, 0.1) is 11.3 Å². The second-order valence-corrected chi connectivity index (χ2v) is 16.2. The predicted octanol–water partition coefficient (Wildman–Crippen LogP) is 9.19. The van der Waals surface area contributed by atoms with Crippen LogP contribution in [0.2, 0.25) is 0 Å². The van der Waals surface area contributed by atoms with Crippen molar-refractivity contribution in [2.75, 3.05) is 0 Å². The number of phenolic OH excluding ortho intramolecular Hbond substituents is 2. The Kier molecular flexibility index (Phi) is 8.34. The van der Waals surface area contributed by atoms with Gasteiger partial charge in [0.05, 0.1) is 0 Å². The van der Waals surface area contributed by atoms with Crippen LogP contribution in [-0.4, -0.2) is 40.2 Å². The first kappa shape index (κ1) is 33.2. The van der Waals surface area contributed by atoms with Crippen LogP contribution in [0.3, 0.4) is 0 Å². The van der Waals surface area contributed by atoms with Crippen LogP contribution in [0.4, 0.5) is 0 Å². The quantitative estimate of drug-likeness (QED) is 0.163. The topological polar surface area (TPSA) is 102 Å². The zero-order valence-electron chi connectivity index (χ0n) is 29.7. The van der Waals surface area contributed by atoms with Gasteiger partial charge in [-0.1, -0.05) is 98.7 Å². The highest BCUT2D eigenvalue weighted by Gasteiger charge is 2.31. The first-order chi connectivity index (χ1) is 22.5. The van der Waals surface area contributed by atoms with Crippen LogP contribution < -0.4 is 0 Å². The fourth-order valence-corrected chi connectivity index (χ4v) is 7.42. The van der Waals surface area contributed by atoms with E-state index in [1.54, 1.807) is 0 Å². The van der Waals surface area contributed by atoms with Crippen molar-refractivity contribution in [1.82, 2.24) is 30.0 Å². The Balaban J connectivity index is 1.55. The minimum Gasteiger partial charge on any atom is -0.505 e. The predicted molar refractivity (Wildman–Crippen MR) is 193 cm³/mol. The molecule has 0 unspecified atom stereocenters. The zero-order valence-corrected chi connectivity index (χ0v) is 29.7. The van der Waals surface area contributed by atoms with Gasteiger partial charge < -0.3 is 10.2 Å². The lowest BCUT2D eigenvalue weighted by molar-refractivity contribution is 0.284. The molecule has 4 aromatic carbocycles. The molecule has 0 saturated heterocycles. The molecule has 250 valence electrons. The molecule has 2 heterocycles. The number of fused-ring (bicyclic) bond motifs is 2. The van der Waals surface area contributed by atoms with Crippen molar-refractivity contribution >= 4 is 22.1 Å². The second kappa shape index (κ2) is 12.1. The fraction of sp³-hybridized carbons (Fsp3) is 0.400. The zero-order chi connectivity index (χ0) is 34.6. The summed E-state index contributed by atoms with van der Waals surface area (Å²) >= 11 is 0. The molecular weight excluding hydrogens is 596 g/mol. The molecule has 0 amide bonds. The van der Waals surface area contributed by atoms with Gasteiger partial charge in [-0.15, -0.1) is 30.0 Å². The third-order valence-electron chi connectivity index (χ3n) is 9.18. The van der Waals surface area contributed by atoms with Crippen molar-refractivity contribution in [3.63, 3.8) is 0 Å². The van der Waals surface area contributed by atoms with Crippen LogP contribution in [-0.2, 0) is 17.3 Å². The first-order valence-electron chi connectivity index (χ1n) is 16.9. The van der Waals surface area contributed by atoms with Crippen LogP contribution in [0.5, 0.6) is 11.5 Å². The minimum absolute atomic E-state index is 0.0736. The molecule has 0 saturated carbocycles. The number of aromatic nitrogens is 6. The van der Waals surface area contributed by atoms with Crippen molar-refractivity contribution in [2.24, 2.45) is 11.3 Å². The molecule has 0 bridgehead atoms. The first-order valence-corrected chi connectivity index (χ1v) is 16.9. The summed E-state index contributed by atoms with van der Waals surface area (Å²) < 4.78 is 0. The highest BCUT2D eigenvalue weighted by molar-refractivity contribution is 5.75. The Labute approximate surface area is 283 Å². The molecule has 48 heavy (non-hydrogen) atoms. The summed E-state index contributed by atoms with van der Waals surface area (Å²) in [4.78, 5) is 3.07. The number of aromatic hydroxyl groups is 2. The van der Waals surface area contributed by atoms with Gasteiger partial charge >= 0.3 is 0 Å². The van der Waals surface area contributed by atoms with E-state index in [1.807, 2.05) is 60.7 Å². The van der Waals surface area contributed by atoms with E-state index in [-0.39, 0.29) is 34.2 Å². The smallest absolute Gasteiger partial charge is 0.146 e. The van der Waals surface area contributed by atoms with Gasteiger partial charge in [-0.25, -0.2) is 0 Å². The van der Waals surface area contributed by atoms with Crippen LogP contribution in [0.15, 0.2) is 72.8 Å². The molecule has 0 fully saturated rings. The van der Waals surface area contributed by atoms with Crippen molar-refractivity contribution in [3.8, 4) is 22.9 Å². The Hall–Kier alpha value is -4.72. The van der Waals surface area contributed by atoms with Gasteiger partial charge in [-0.2, -0.15) is 0 Å². The lowest BCUT2D eigenvalue weighted by Crippen LogP contribution is -2.25. The summed E-state index contributed by atoms with van der Waals surface area (Å²) in [5.74, 6) is 0.639. The number of hydrogen-bond donors (Lipinski definition) is 2. The lowest BCUT2D eigenvalue weighted by Gasteiger charge is -2.33. The molecule has 6 aromatic rings. The van der Waals surface area contributed by atoms with E-state index in [1.165, 1.54) is 9.59 Å². The van der Waals surface area contributed by atoms with Crippen molar-refractivity contribution < 1.29 is 10.2 Å². The highest BCUT2D eigenvalue weighted by atomic mass is 16.3. The second-order valence-electron chi connectivity index (χ2n) is 16.2. The molecule has 0 atom stereocenters. The van der Waals surface area contributed by atoms with E-state index < -0.39 is 0 Å². The Morgan fingerprint density at radius 3 is 1.31 bits per heavy atom. The number of hydrogen-bond acceptors (Lipinski definition) is 6. The summed E-state index contributed by atoms with van der Waals surface area (Å²) in [5.41, 5.74) is 7.19. The third-order valence-corrected chi connectivity index (χ3v) is 9.18. The van der Waals surface area contributed by atoms with E-state index in [4.69, 9.17) is 20.4 Å². The van der Waals surface area contributed by atoms with Crippen LogP contribution in [0.1, 0.15) is 97.4 Å². The van der Waals surface area contributed by atoms with Crippen LogP contribution in [0.25, 0.3) is 33.4 Å². The molecule has 6 rings (SSSR count). The average Bonchev–Trinajstić information content (AvgIpc) is 3.61. The molecule has 8 heteroatoms. The summed E-state index contributed by atoms with van der Waals surface area (Å²) in [7, 11) is 0. The summed E-state index contributed by atoms with van der Waals surface area (Å²) in [6, 6.07) is 23.6. The molecule has 0 aliphatic rings. The highest BCUT2D eigenvalue weighted by Crippen LogP contribution is 2.42. The average molecular weight is 645 g/mol. The van der Waals surface area contributed by atoms with E-state index in [0.717, 1.165) is 46.0 Å². The fourth-order valence-electron chi connectivity index (χ4n) is 7.42. The van der Waals surface area contributed by atoms with Gasteiger partial charge in [0.25, 0.3) is 0 Å². The Morgan fingerprint density at radius 2 is 0.958 bits per heavy atom. The van der Waals surface area contributed by atoms with Gasteiger partial charge in [0.1, 0.15) is 44.9 Å². The molecular formula is C40H48N6O2. The van der Waals surface area contributed by atoms with Crippen molar-refractivity contribution in [2.45, 2.75) is 92.4 Å². The standard InChI is InChI=1S/C40H48N6O2/c1-25(2)23-39(6,7)28-19-26(36(47)34(21-28)45-41-30-14-10-11-15-31(30)42-45)18-27-20-29(40(8,9)24-38(3,4)5)22-35(37(27)48)46-43-32-16-12-13-17-33(32)44-46/h10-17,19-22,25,47-48H,18,23-24H2,1-9H3. The maximum Gasteiger partial charge on any atom is 0.146 e. The van der Waals surface area contributed by atoms with E-state index >= 15 is 0 Å². The number of phenols is 2. The van der Waals surface area contributed by atoms with Gasteiger partial charge in [-0.05, 0) is 82.5 Å². The van der Waals surface area contributed by atoms with E-state index in [2.05, 4.69) is 74.4 Å². The van der Waals surface area contributed by atoms with Gasteiger partial charge in [0.15, 0.2) is 0 Å². The molecule has 8 nitrogen and oxygen atoms in total. The molecule has 2 N–H and O–H groups in total. The normalized spacial score (nSPS) is 12.9. The minimum atomic E-state index is -0.227. The molecule has 0 aliphatic heterocycles. The number of rotatable bonds is 9. The number of benzene rings is 4. The van der Waals surface area contributed by atoms with Gasteiger partial charge in [-0.3, -0.25) is 0 Å². The SMILES string of the molecule is CC(C)CC(C)(C)c1cc(Cc2cc(C(C)(C)CC(C)(C)C)cc(-n3nc4ccccc4n3)c2O)c(O)c(-n2nc3ccccc3n2)c1. The summed E-state index contributed by atoms with van der Waals surface area (Å²) in [6.07, 6.45) is 2.16. The van der Waals surface area contributed by atoms with Crippen LogP contribution >= 0.6 is 0 Å². The molecule has 2 aromatic heterocycles. The maximum absolute atomic E-state index is 12.0. The lowest BCUT2D eigenvalue weighted by atomic mass is 9.71. The summed E-state index contributed by atoms with van der Waals surface area (Å²) in [6.45, 7) is 20.1. The maximum atomic E-state index is 12.0. The third kappa shape index (κ3) is 6.66. The molecule has 0 spiro atoms. The van der Waals surface area contributed by atoms with Crippen molar-refractivity contribution in [1.29, 1.82) is 0 Å².